The summed E-state index contributed by atoms with van der Waals surface area (Å²) in [6.45, 7) is 1.09. The van der Waals surface area contributed by atoms with Crippen molar-refractivity contribution in [1.82, 2.24) is 0 Å². The lowest BCUT2D eigenvalue weighted by Crippen LogP contribution is -2.41. The average Bonchev–Trinajstić information content (AvgIpc) is 2.15. The van der Waals surface area contributed by atoms with Crippen LogP contribution in [0.3, 0.4) is 0 Å². The fraction of sp³-hybridized carbons (Fsp3) is 0.455. The lowest BCUT2D eigenvalue weighted by molar-refractivity contribution is -0.107. The molecule has 0 saturated heterocycles. The summed E-state index contributed by atoms with van der Waals surface area (Å²) in [4.78, 5) is -3.31. The largest absolute Gasteiger partial charge is 0.508 e. The van der Waals surface area contributed by atoms with Gasteiger partial charge in [0, 0.05) is 0 Å². The Morgan fingerprint density at radius 2 is 1.75 bits per heavy atom. The lowest BCUT2D eigenvalue weighted by Gasteiger charge is -2.28. The van der Waals surface area contributed by atoms with Crippen LogP contribution in [0.4, 0.5) is 8.78 Å². The smallest absolute Gasteiger partial charge is 0.329 e. The molecule has 5 heteroatoms. The van der Waals surface area contributed by atoms with Gasteiger partial charge in [0.1, 0.15) is 11.4 Å². The third-order valence-corrected chi connectivity index (χ3v) is 3.30. The zero-order valence-electron chi connectivity index (χ0n) is 8.75. The van der Waals surface area contributed by atoms with Crippen LogP contribution in [0.5, 0.6) is 5.75 Å². The quantitative estimate of drug-likeness (QED) is 0.838. The number of benzene rings is 1. The highest BCUT2D eigenvalue weighted by Gasteiger charge is 2.46. The van der Waals surface area contributed by atoms with Gasteiger partial charge < -0.3 is 10.2 Å². The molecule has 0 saturated carbocycles. The van der Waals surface area contributed by atoms with E-state index in [0.717, 1.165) is 12.5 Å². The van der Waals surface area contributed by atoms with Crippen molar-refractivity contribution in [1.29, 1.82) is 0 Å². The number of aliphatic hydroxyl groups is 1. The summed E-state index contributed by atoms with van der Waals surface area (Å²) in [6.07, 6.45) is 0.241. The molecule has 1 unspecified atom stereocenters. The first-order valence-corrected chi connectivity index (χ1v) is 5.59. The number of alkyl halides is 3. The third-order valence-electron chi connectivity index (χ3n) is 2.45. The monoisotopic (exact) mass is 294 g/mol. The van der Waals surface area contributed by atoms with Crippen LogP contribution < -0.4 is 0 Å². The Balaban J connectivity index is 2.61. The predicted octanol–water partition coefficient (Wildman–Crippen LogP) is 3.06. The van der Waals surface area contributed by atoms with Crippen LogP contribution in [-0.4, -0.2) is 20.6 Å². The summed E-state index contributed by atoms with van der Waals surface area (Å²) in [6, 6.07) is 6.24. The third kappa shape index (κ3) is 3.42. The Bertz CT molecular complexity index is 344. The van der Waals surface area contributed by atoms with Gasteiger partial charge in [-0.15, -0.1) is 0 Å². The second-order valence-electron chi connectivity index (χ2n) is 3.94. The zero-order valence-corrected chi connectivity index (χ0v) is 10.3. The van der Waals surface area contributed by atoms with Crippen LogP contribution in [0.15, 0.2) is 24.3 Å². The number of phenolic OH excluding ortho intramolecular Hbond substituents is 1. The molecular formula is C11H13BrF2O2. The normalized spacial score (nSPS) is 15.8. The van der Waals surface area contributed by atoms with Crippen molar-refractivity contribution in [3.05, 3.63) is 29.8 Å². The van der Waals surface area contributed by atoms with Gasteiger partial charge in [-0.1, -0.05) is 12.1 Å². The number of rotatable bonds is 4. The Kier molecular flexibility index (Phi) is 3.91. The van der Waals surface area contributed by atoms with Gasteiger partial charge in [-0.05, 0) is 53.4 Å². The van der Waals surface area contributed by atoms with Crippen molar-refractivity contribution in [2.75, 3.05) is 0 Å². The zero-order chi connectivity index (χ0) is 12.4. The van der Waals surface area contributed by atoms with Crippen LogP contribution in [0.1, 0.15) is 18.9 Å². The molecule has 16 heavy (non-hydrogen) atoms. The Labute approximate surface area is 101 Å². The lowest BCUT2D eigenvalue weighted by atomic mass is 9.97. The van der Waals surface area contributed by atoms with Gasteiger partial charge in [-0.25, -0.2) is 0 Å². The van der Waals surface area contributed by atoms with Gasteiger partial charge in [0.25, 0.3) is 0 Å². The van der Waals surface area contributed by atoms with E-state index < -0.39 is 10.4 Å². The first kappa shape index (κ1) is 13.4. The molecule has 0 radical (unpaired) electrons. The van der Waals surface area contributed by atoms with E-state index in [1.54, 1.807) is 12.1 Å². The molecule has 1 atom stereocenters. The molecule has 1 rings (SSSR count). The molecule has 0 heterocycles. The Hall–Kier alpha value is -0.680. The van der Waals surface area contributed by atoms with Crippen LogP contribution >= 0.6 is 15.9 Å². The van der Waals surface area contributed by atoms with Crippen LogP contribution in [0, 0.1) is 0 Å². The molecule has 90 valence electrons. The summed E-state index contributed by atoms with van der Waals surface area (Å²) < 4.78 is 25.8. The molecule has 0 bridgehead atoms. The molecule has 1 aromatic carbocycles. The molecule has 2 nitrogen and oxygen atoms in total. The van der Waals surface area contributed by atoms with Crippen LogP contribution in [-0.2, 0) is 6.42 Å². The molecule has 0 aliphatic rings. The maximum absolute atomic E-state index is 12.9. The molecule has 0 amide bonds. The average molecular weight is 295 g/mol. The molecule has 0 aliphatic carbocycles. The maximum Gasteiger partial charge on any atom is 0.329 e. The molecule has 2 N–H and O–H groups in total. The second-order valence-corrected chi connectivity index (χ2v) is 4.93. The van der Waals surface area contributed by atoms with Crippen molar-refractivity contribution in [2.24, 2.45) is 0 Å². The van der Waals surface area contributed by atoms with E-state index in [1.165, 1.54) is 12.1 Å². The number of aryl methyl sites for hydroxylation is 1. The van der Waals surface area contributed by atoms with Gasteiger partial charge in [-0.3, -0.25) is 0 Å². The second kappa shape index (κ2) is 4.67. The molecule has 0 fully saturated rings. The minimum Gasteiger partial charge on any atom is -0.508 e. The molecule has 0 aliphatic heterocycles. The topological polar surface area (TPSA) is 40.5 Å². The number of halogens is 3. The molecule has 0 spiro atoms. The summed E-state index contributed by atoms with van der Waals surface area (Å²) in [7, 11) is 0. The number of hydrogen-bond acceptors (Lipinski definition) is 2. The first-order chi connectivity index (χ1) is 7.22. The summed E-state index contributed by atoms with van der Waals surface area (Å²) >= 11 is 2.16. The van der Waals surface area contributed by atoms with E-state index in [4.69, 9.17) is 5.11 Å². The van der Waals surface area contributed by atoms with Gasteiger partial charge in [0.05, 0.1) is 0 Å². The number of aromatic hydroxyl groups is 1. The standard InChI is InChI=1S/C11H13BrF2O2/c1-10(16,11(12,13)14)7-6-8-2-4-9(15)5-3-8/h2-5,15-16H,6-7H2,1H3. The van der Waals surface area contributed by atoms with E-state index in [1.807, 2.05) is 0 Å². The minimum atomic E-state index is -3.31. The summed E-state index contributed by atoms with van der Waals surface area (Å²) in [5.74, 6) is 0.126. The van der Waals surface area contributed by atoms with Crippen molar-refractivity contribution in [3.8, 4) is 5.75 Å². The fourth-order valence-electron chi connectivity index (χ4n) is 1.19. The van der Waals surface area contributed by atoms with E-state index in [2.05, 4.69) is 15.9 Å². The van der Waals surface area contributed by atoms with Gasteiger partial charge in [-0.2, -0.15) is 8.78 Å². The Morgan fingerprint density at radius 3 is 2.19 bits per heavy atom. The van der Waals surface area contributed by atoms with E-state index >= 15 is 0 Å². The highest BCUT2D eigenvalue weighted by molar-refractivity contribution is 9.10. The first-order valence-electron chi connectivity index (χ1n) is 4.79. The van der Waals surface area contributed by atoms with Crippen molar-refractivity contribution < 1.29 is 19.0 Å². The predicted molar refractivity (Wildman–Crippen MR) is 60.9 cm³/mol. The van der Waals surface area contributed by atoms with Crippen LogP contribution in [0.2, 0.25) is 0 Å². The number of hydrogen-bond donors (Lipinski definition) is 2. The van der Waals surface area contributed by atoms with Crippen LogP contribution in [0.25, 0.3) is 0 Å². The van der Waals surface area contributed by atoms with E-state index in [0.29, 0.717) is 6.42 Å². The summed E-state index contributed by atoms with van der Waals surface area (Å²) in [5, 5.41) is 18.6. The maximum atomic E-state index is 12.9. The Morgan fingerprint density at radius 1 is 1.25 bits per heavy atom. The fourth-order valence-corrected chi connectivity index (χ4v) is 1.39. The highest BCUT2D eigenvalue weighted by atomic mass is 79.9. The SMILES string of the molecule is CC(O)(CCc1ccc(O)cc1)C(F)(F)Br. The van der Waals surface area contributed by atoms with E-state index in [-0.39, 0.29) is 12.2 Å². The van der Waals surface area contributed by atoms with Gasteiger partial charge in [0.2, 0.25) is 0 Å². The summed E-state index contributed by atoms with van der Waals surface area (Å²) in [5.41, 5.74) is -1.31. The number of phenols is 1. The van der Waals surface area contributed by atoms with E-state index in [9.17, 15) is 13.9 Å². The minimum absolute atomic E-state index is 0.0734. The highest BCUT2D eigenvalue weighted by Crippen LogP contribution is 2.37. The molecule has 0 aromatic heterocycles. The molecule has 1 aromatic rings. The van der Waals surface area contributed by atoms with Crippen molar-refractivity contribution in [2.45, 2.75) is 30.2 Å². The molecular weight excluding hydrogens is 282 g/mol. The van der Waals surface area contributed by atoms with Crippen molar-refractivity contribution in [3.63, 3.8) is 0 Å². The van der Waals surface area contributed by atoms with Crippen molar-refractivity contribution >= 4 is 15.9 Å². The van der Waals surface area contributed by atoms with Gasteiger partial charge >= 0.3 is 4.83 Å². The van der Waals surface area contributed by atoms with Gasteiger partial charge in [0.15, 0.2) is 0 Å².